The van der Waals surface area contributed by atoms with Crippen molar-refractivity contribution >= 4 is 5.82 Å². The van der Waals surface area contributed by atoms with Gasteiger partial charge in [0, 0.05) is 6.04 Å². The van der Waals surface area contributed by atoms with Gasteiger partial charge in [-0.1, -0.05) is 0 Å². The number of fused-ring (bicyclic) bond motifs is 1. The maximum atomic E-state index is 8.81. The summed E-state index contributed by atoms with van der Waals surface area (Å²) in [4.78, 5) is 0. The van der Waals surface area contributed by atoms with Crippen LogP contribution < -0.4 is 5.32 Å². The molecule has 1 aromatic rings. The van der Waals surface area contributed by atoms with Crippen molar-refractivity contribution in [3.05, 3.63) is 11.8 Å². The van der Waals surface area contributed by atoms with Gasteiger partial charge in [-0.25, -0.2) is 4.68 Å². The van der Waals surface area contributed by atoms with Crippen LogP contribution in [0.2, 0.25) is 0 Å². The second kappa shape index (κ2) is 2.77. The lowest BCUT2D eigenvalue weighted by atomic mass is 10.1. The molecule has 0 fully saturated rings. The summed E-state index contributed by atoms with van der Waals surface area (Å²) >= 11 is 0. The molecule has 4 nitrogen and oxygen atoms in total. The average molecular weight is 176 g/mol. The summed E-state index contributed by atoms with van der Waals surface area (Å²) in [6.45, 7) is 4.24. The van der Waals surface area contributed by atoms with E-state index in [2.05, 4.69) is 30.3 Å². The number of hydrogen-bond donors (Lipinski definition) is 1. The van der Waals surface area contributed by atoms with Gasteiger partial charge in [-0.2, -0.15) is 10.4 Å². The van der Waals surface area contributed by atoms with Crippen LogP contribution in [-0.4, -0.2) is 15.8 Å². The Balaban J connectivity index is 2.47. The van der Waals surface area contributed by atoms with Crippen molar-refractivity contribution in [3.8, 4) is 6.07 Å². The van der Waals surface area contributed by atoms with Crippen LogP contribution in [0.25, 0.3) is 0 Å². The van der Waals surface area contributed by atoms with E-state index in [0.717, 1.165) is 12.2 Å². The Morgan fingerprint density at radius 2 is 2.46 bits per heavy atom. The zero-order valence-electron chi connectivity index (χ0n) is 7.78. The van der Waals surface area contributed by atoms with Gasteiger partial charge in [0.05, 0.1) is 12.2 Å². The van der Waals surface area contributed by atoms with Gasteiger partial charge in [-0.05, 0) is 20.3 Å². The topological polar surface area (TPSA) is 53.6 Å². The van der Waals surface area contributed by atoms with Crippen molar-refractivity contribution in [1.29, 1.82) is 5.26 Å². The molecule has 0 saturated heterocycles. The van der Waals surface area contributed by atoms with Crippen LogP contribution >= 0.6 is 0 Å². The summed E-state index contributed by atoms with van der Waals surface area (Å²) in [5.74, 6) is 0.869. The molecular formula is C9H12N4. The minimum atomic E-state index is 0.383. The lowest BCUT2D eigenvalue weighted by molar-refractivity contribution is 0.414. The highest BCUT2D eigenvalue weighted by molar-refractivity contribution is 5.53. The molecule has 2 rings (SSSR count). The molecule has 0 aromatic carbocycles. The first-order chi connectivity index (χ1) is 6.22. The fourth-order valence-electron chi connectivity index (χ4n) is 1.83. The summed E-state index contributed by atoms with van der Waals surface area (Å²) in [7, 11) is 0. The average Bonchev–Trinajstić information content (AvgIpc) is 2.47. The predicted molar refractivity (Wildman–Crippen MR) is 49.4 cm³/mol. The molecule has 2 heterocycles. The van der Waals surface area contributed by atoms with Crippen molar-refractivity contribution in [2.45, 2.75) is 32.4 Å². The number of aromatic nitrogens is 2. The molecule has 0 amide bonds. The monoisotopic (exact) mass is 176 g/mol. The maximum absolute atomic E-state index is 8.81. The summed E-state index contributed by atoms with van der Waals surface area (Å²) < 4.78 is 1.89. The predicted octanol–water partition coefficient (Wildman–Crippen LogP) is 1.52. The molecule has 2 atom stereocenters. The quantitative estimate of drug-likeness (QED) is 0.652. The van der Waals surface area contributed by atoms with E-state index in [0.29, 0.717) is 17.6 Å². The minimum absolute atomic E-state index is 0.383. The van der Waals surface area contributed by atoms with Gasteiger partial charge in [-0.3, -0.25) is 0 Å². The summed E-state index contributed by atoms with van der Waals surface area (Å²) in [5, 5.41) is 16.3. The van der Waals surface area contributed by atoms with Gasteiger partial charge in [0.15, 0.2) is 0 Å². The molecule has 0 radical (unpaired) electrons. The number of nitrogens with one attached hydrogen (secondary N) is 1. The Morgan fingerprint density at radius 1 is 1.69 bits per heavy atom. The lowest BCUT2D eigenvalue weighted by Gasteiger charge is -2.27. The van der Waals surface area contributed by atoms with Crippen LogP contribution in [0, 0.1) is 11.3 Å². The van der Waals surface area contributed by atoms with Crippen LogP contribution in [-0.2, 0) is 0 Å². The maximum Gasteiger partial charge on any atom is 0.142 e. The molecule has 13 heavy (non-hydrogen) atoms. The van der Waals surface area contributed by atoms with E-state index < -0.39 is 0 Å². The third-order valence-electron chi connectivity index (χ3n) is 2.41. The second-order valence-electron chi connectivity index (χ2n) is 3.59. The largest absolute Gasteiger partial charge is 0.367 e. The first kappa shape index (κ1) is 8.11. The Bertz CT molecular complexity index is 360. The van der Waals surface area contributed by atoms with E-state index in [4.69, 9.17) is 5.26 Å². The van der Waals surface area contributed by atoms with Crippen molar-refractivity contribution in [3.63, 3.8) is 0 Å². The van der Waals surface area contributed by atoms with E-state index in [1.54, 1.807) is 6.20 Å². The Morgan fingerprint density at radius 3 is 3.15 bits per heavy atom. The molecule has 0 spiro atoms. The smallest absolute Gasteiger partial charge is 0.142 e. The van der Waals surface area contributed by atoms with Crippen LogP contribution in [0.4, 0.5) is 5.82 Å². The molecule has 4 heteroatoms. The third-order valence-corrected chi connectivity index (χ3v) is 2.41. The summed E-state index contributed by atoms with van der Waals surface area (Å²) in [5.41, 5.74) is 0.637. The number of hydrogen-bond acceptors (Lipinski definition) is 3. The number of rotatable bonds is 0. The van der Waals surface area contributed by atoms with Gasteiger partial charge < -0.3 is 5.32 Å². The van der Waals surface area contributed by atoms with Gasteiger partial charge in [0.2, 0.25) is 0 Å². The molecule has 0 aliphatic carbocycles. The molecule has 0 unspecified atom stereocenters. The minimum Gasteiger partial charge on any atom is -0.367 e. The molecule has 1 aliphatic rings. The van der Waals surface area contributed by atoms with Gasteiger partial charge in [0.1, 0.15) is 17.5 Å². The fourth-order valence-corrected chi connectivity index (χ4v) is 1.83. The third kappa shape index (κ3) is 1.17. The normalized spacial score (nSPS) is 25.9. The SMILES string of the molecule is C[C@H]1C[C@H](C)n2ncc(C#N)c2N1. The van der Waals surface area contributed by atoms with E-state index in [1.807, 2.05) is 4.68 Å². The molecule has 1 aromatic heterocycles. The number of nitrogens with zero attached hydrogens (tertiary/aromatic N) is 3. The fraction of sp³-hybridized carbons (Fsp3) is 0.556. The van der Waals surface area contributed by atoms with Gasteiger partial charge in [-0.15, -0.1) is 0 Å². The Labute approximate surface area is 77.2 Å². The van der Waals surface area contributed by atoms with Crippen molar-refractivity contribution in [2.75, 3.05) is 5.32 Å². The van der Waals surface area contributed by atoms with E-state index in [9.17, 15) is 0 Å². The van der Waals surface area contributed by atoms with Crippen molar-refractivity contribution in [1.82, 2.24) is 9.78 Å². The molecule has 68 valence electrons. The summed E-state index contributed by atoms with van der Waals surface area (Å²) in [6, 6.07) is 2.94. The molecule has 1 N–H and O–H groups in total. The second-order valence-corrected chi connectivity index (χ2v) is 3.59. The first-order valence-electron chi connectivity index (χ1n) is 4.46. The van der Waals surface area contributed by atoms with Crippen LogP contribution in [0.5, 0.6) is 0 Å². The molecule has 0 saturated carbocycles. The standard InChI is InChI=1S/C9H12N4/c1-6-3-7(2)13-9(12-6)8(4-10)5-11-13/h5-7,12H,3H2,1-2H3/t6-,7-/m0/s1. The van der Waals surface area contributed by atoms with Crippen LogP contribution in [0.3, 0.4) is 0 Å². The number of anilines is 1. The number of nitriles is 1. The first-order valence-corrected chi connectivity index (χ1v) is 4.46. The van der Waals surface area contributed by atoms with Crippen LogP contribution in [0.15, 0.2) is 6.20 Å². The van der Waals surface area contributed by atoms with Crippen LogP contribution in [0.1, 0.15) is 31.9 Å². The van der Waals surface area contributed by atoms with E-state index >= 15 is 0 Å². The lowest BCUT2D eigenvalue weighted by Crippen LogP contribution is -2.29. The molecule has 0 bridgehead atoms. The van der Waals surface area contributed by atoms with Crippen molar-refractivity contribution in [2.24, 2.45) is 0 Å². The van der Waals surface area contributed by atoms with E-state index in [-0.39, 0.29) is 0 Å². The van der Waals surface area contributed by atoms with Crippen molar-refractivity contribution < 1.29 is 0 Å². The van der Waals surface area contributed by atoms with Gasteiger partial charge >= 0.3 is 0 Å². The molecular weight excluding hydrogens is 164 g/mol. The molecule has 1 aliphatic heterocycles. The highest BCUT2D eigenvalue weighted by Gasteiger charge is 2.23. The zero-order chi connectivity index (χ0) is 9.42. The van der Waals surface area contributed by atoms with E-state index in [1.165, 1.54) is 0 Å². The highest BCUT2D eigenvalue weighted by Crippen LogP contribution is 2.28. The highest BCUT2D eigenvalue weighted by atomic mass is 15.4. The van der Waals surface area contributed by atoms with Gasteiger partial charge in [0.25, 0.3) is 0 Å². The zero-order valence-corrected chi connectivity index (χ0v) is 7.78. The summed E-state index contributed by atoms with van der Waals surface area (Å²) in [6.07, 6.45) is 2.68. The Hall–Kier alpha value is -1.50. The Kier molecular flexibility index (Phi) is 1.73.